The van der Waals surface area contributed by atoms with Crippen LogP contribution in [0.2, 0.25) is 0 Å². The first-order valence-electron chi connectivity index (χ1n) is 19.5. The summed E-state index contributed by atoms with van der Waals surface area (Å²) in [5.41, 5.74) is -1.49. The van der Waals surface area contributed by atoms with Crippen molar-refractivity contribution >= 4 is 18.2 Å². The maximum atomic E-state index is 12.9. The fourth-order valence-corrected chi connectivity index (χ4v) is 7.78. The largest absolute Gasteiger partial charge is 0.462 e. The monoisotopic (exact) mass is 785 g/mol. The molecule has 3 aliphatic rings. The molecule has 0 aliphatic carbocycles. The van der Waals surface area contributed by atoms with E-state index in [1.807, 2.05) is 26.8 Å². The van der Waals surface area contributed by atoms with Crippen LogP contribution in [0.3, 0.4) is 0 Å². The maximum absolute atomic E-state index is 12.9. The van der Waals surface area contributed by atoms with Crippen LogP contribution in [0, 0.1) is 17.8 Å². The van der Waals surface area contributed by atoms with E-state index in [4.69, 9.17) is 33.2 Å². The van der Waals surface area contributed by atoms with Crippen LogP contribution in [0.25, 0.3) is 0 Å². The molecule has 0 bridgehead atoms. The van der Waals surface area contributed by atoms with Gasteiger partial charge in [-0.1, -0.05) is 45.1 Å². The summed E-state index contributed by atoms with van der Waals surface area (Å²) >= 11 is 0. The normalized spacial score (nSPS) is 42.4. The third-order valence-corrected chi connectivity index (χ3v) is 10.6. The maximum Gasteiger partial charge on any atom is 0.308 e. The first kappa shape index (κ1) is 47.1. The summed E-state index contributed by atoms with van der Waals surface area (Å²) in [5, 5.41) is 45.8. The summed E-state index contributed by atoms with van der Waals surface area (Å²) in [6.07, 6.45) is -3.92. The Kier molecular flexibility index (Phi) is 18.4. The van der Waals surface area contributed by atoms with E-state index in [1.165, 1.54) is 7.11 Å². The molecule has 0 unspecified atom stereocenters. The third kappa shape index (κ3) is 13.4. The van der Waals surface area contributed by atoms with E-state index >= 15 is 0 Å². The van der Waals surface area contributed by atoms with E-state index < -0.39 is 110 Å². The van der Waals surface area contributed by atoms with Gasteiger partial charge in [0.1, 0.15) is 36.3 Å². The molecule has 2 fully saturated rings. The Balaban J connectivity index is 1.90. The average Bonchev–Trinajstić information content (AvgIpc) is 3.06. The van der Waals surface area contributed by atoms with Crippen LogP contribution in [0.1, 0.15) is 87.0 Å². The van der Waals surface area contributed by atoms with Crippen molar-refractivity contribution in [3.05, 3.63) is 24.3 Å². The second kappa shape index (κ2) is 21.4. The molecule has 0 amide bonds. The number of aldehydes is 1. The average molecular weight is 786 g/mol. The zero-order chi connectivity index (χ0) is 41.2. The Bertz CT molecular complexity index is 1270. The van der Waals surface area contributed by atoms with Crippen LogP contribution in [-0.4, -0.2) is 150 Å². The van der Waals surface area contributed by atoms with Gasteiger partial charge in [-0.2, -0.15) is 0 Å². The van der Waals surface area contributed by atoms with Gasteiger partial charge >= 0.3 is 11.9 Å². The van der Waals surface area contributed by atoms with Crippen molar-refractivity contribution in [1.29, 1.82) is 0 Å². The standard InChI is InChI=1S/C40H67NO14/c1-22(2)18-30(45)53-38-26(6)51-32(21-40(38,7)48)54-35-25(5)52-39(34(47)33(35)41(8)9)55-36-27(16-17-42)19-23(3)28(43)15-13-11-12-14-24(4)50-31(46)20-29(44)37(36)49-10/h11-13,15,17,22-29,32-39,43-44,47-48H,14,16,18-21H2,1-10H3/b12-11+,15-13+/t23-,24-,25-,26+,27+,28+,29-,32+,33-,34-,35-,36+,37+,38+,39+,40-/m1/s1. The number of allylic oxidation sites excluding steroid dienone is 2. The number of aliphatic hydroxyl groups is 4. The third-order valence-electron chi connectivity index (χ3n) is 10.6. The van der Waals surface area contributed by atoms with Crippen molar-refractivity contribution < 1.29 is 68.0 Å². The summed E-state index contributed by atoms with van der Waals surface area (Å²) < 4.78 is 42.4. The molecule has 3 rings (SSSR count). The Labute approximate surface area is 326 Å². The second-order valence-corrected chi connectivity index (χ2v) is 16.4. The minimum Gasteiger partial charge on any atom is -0.462 e. The van der Waals surface area contributed by atoms with Gasteiger partial charge in [0, 0.05) is 32.8 Å². The van der Waals surface area contributed by atoms with Gasteiger partial charge in [0.15, 0.2) is 18.7 Å². The van der Waals surface area contributed by atoms with E-state index in [1.54, 1.807) is 64.9 Å². The lowest BCUT2D eigenvalue weighted by Gasteiger charge is -2.50. The smallest absolute Gasteiger partial charge is 0.308 e. The number of aliphatic hydroxyl groups excluding tert-OH is 3. The number of carbonyl (C=O) groups is 3. The second-order valence-electron chi connectivity index (χ2n) is 16.4. The number of cyclic esters (lactones) is 1. The van der Waals surface area contributed by atoms with Crippen molar-refractivity contribution in [2.75, 3.05) is 21.2 Å². The molecule has 0 aromatic rings. The Hall–Kier alpha value is -2.31. The van der Waals surface area contributed by atoms with Crippen molar-refractivity contribution in [2.45, 2.75) is 172 Å². The van der Waals surface area contributed by atoms with Crippen LogP contribution >= 0.6 is 0 Å². The van der Waals surface area contributed by atoms with E-state index in [9.17, 15) is 34.8 Å². The van der Waals surface area contributed by atoms with Gasteiger partial charge in [-0.3, -0.25) is 9.59 Å². The van der Waals surface area contributed by atoms with Crippen molar-refractivity contribution in [1.82, 2.24) is 4.90 Å². The summed E-state index contributed by atoms with van der Waals surface area (Å²) in [5.74, 6) is -2.03. The quantitative estimate of drug-likeness (QED) is 0.176. The zero-order valence-electron chi connectivity index (χ0n) is 34.2. The van der Waals surface area contributed by atoms with Crippen LogP contribution in [0.15, 0.2) is 24.3 Å². The predicted octanol–water partition coefficient (Wildman–Crippen LogP) is 2.44. The number of carbonyl (C=O) groups excluding carboxylic acids is 3. The Morgan fingerprint density at radius 3 is 2.33 bits per heavy atom. The van der Waals surface area contributed by atoms with Crippen molar-refractivity contribution in [3.63, 3.8) is 0 Å². The lowest BCUT2D eigenvalue weighted by atomic mass is 9.82. The molecular formula is C40H67NO14. The molecule has 316 valence electrons. The van der Waals surface area contributed by atoms with Crippen LogP contribution in [0.4, 0.5) is 0 Å². The van der Waals surface area contributed by atoms with Crippen LogP contribution < -0.4 is 0 Å². The molecule has 0 saturated carbocycles. The molecule has 3 aliphatic heterocycles. The molecule has 0 radical (unpaired) electrons. The predicted molar refractivity (Wildman–Crippen MR) is 200 cm³/mol. The Morgan fingerprint density at radius 1 is 1.04 bits per heavy atom. The fraction of sp³-hybridized carbons (Fsp3) is 0.825. The van der Waals surface area contributed by atoms with E-state index in [0.29, 0.717) is 6.42 Å². The minimum atomic E-state index is -1.49. The molecular weight excluding hydrogens is 718 g/mol. The van der Waals surface area contributed by atoms with E-state index in [-0.39, 0.29) is 37.5 Å². The van der Waals surface area contributed by atoms with E-state index in [0.717, 1.165) is 6.29 Å². The highest BCUT2D eigenvalue weighted by atomic mass is 16.7. The van der Waals surface area contributed by atoms with Crippen molar-refractivity contribution in [3.8, 4) is 0 Å². The summed E-state index contributed by atoms with van der Waals surface area (Å²) in [6.45, 7) is 12.4. The molecule has 0 spiro atoms. The highest BCUT2D eigenvalue weighted by molar-refractivity contribution is 5.70. The molecule has 0 aromatic heterocycles. The minimum absolute atomic E-state index is 0.0318. The molecule has 15 nitrogen and oxygen atoms in total. The number of likely N-dealkylation sites (N-methyl/N-ethyl adjacent to an activating group) is 1. The molecule has 16 atom stereocenters. The number of rotatable bonds is 11. The lowest BCUT2D eigenvalue weighted by molar-refractivity contribution is -0.344. The van der Waals surface area contributed by atoms with Gasteiger partial charge in [0.25, 0.3) is 0 Å². The number of hydrogen-bond acceptors (Lipinski definition) is 15. The highest BCUT2D eigenvalue weighted by Gasteiger charge is 2.52. The SMILES string of the molecule is CO[C@@H]1[C@@H](O[C@@H]2O[C@H](C)[C@@H](O[C@H]3C[C@@](C)(O)[C@@H](OC(=O)CC(C)C)[C@H](C)O3)[C@H](N(C)C)[C@H]2O)[C@@H](CC=O)C[C@@H](C)[C@@H](O)/C=C/C=C/C[C@@H](C)OC(=O)C[C@H]1O. The van der Waals surface area contributed by atoms with E-state index in [2.05, 4.69) is 0 Å². The molecule has 4 N–H and O–H groups in total. The number of nitrogens with zero attached hydrogens (tertiary/aromatic N) is 1. The van der Waals surface area contributed by atoms with Gasteiger partial charge in [-0.25, -0.2) is 0 Å². The zero-order valence-corrected chi connectivity index (χ0v) is 34.2. The van der Waals surface area contributed by atoms with Crippen LogP contribution in [-0.2, 0) is 47.5 Å². The van der Waals surface area contributed by atoms with Gasteiger partial charge in [-0.05, 0) is 66.0 Å². The highest BCUT2D eigenvalue weighted by Crippen LogP contribution is 2.37. The fourth-order valence-electron chi connectivity index (χ4n) is 7.78. The number of hydrogen-bond donors (Lipinski definition) is 4. The van der Waals surface area contributed by atoms with Gasteiger partial charge < -0.3 is 63.3 Å². The molecule has 3 heterocycles. The lowest BCUT2D eigenvalue weighted by Crippen LogP contribution is -2.66. The summed E-state index contributed by atoms with van der Waals surface area (Å²) in [7, 11) is 4.86. The number of esters is 2. The molecule has 15 heteroatoms. The Morgan fingerprint density at radius 2 is 1.73 bits per heavy atom. The summed E-state index contributed by atoms with van der Waals surface area (Å²) in [6, 6.07) is -0.753. The topological polar surface area (TPSA) is 200 Å². The first-order valence-corrected chi connectivity index (χ1v) is 19.5. The first-order chi connectivity index (χ1) is 25.8. The molecule has 0 aromatic carbocycles. The van der Waals surface area contributed by atoms with Crippen molar-refractivity contribution in [2.24, 2.45) is 17.8 Å². The van der Waals surface area contributed by atoms with Gasteiger partial charge in [0.2, 0.25) is 0 Å². The summed E-state index contributed by atoms with van der Waals surface area (Å²) in [4.78, 5) is 39.3. The molecule has 2 saturated heterocycles. The number of methoxy groups -OCH3 is 1. The van der Waals surface area contributed by atoms with Gasteiger partial charge in [-0.15, -0.1) is 0 Å². The van der Waals surface area contributed by atoms with Crippen LogP contribution in [0.5, 0.6) is 0 Å². The van der Waals surface area contributed by atoms with Gasteiger partial charge in [0.05, 0.1) is 43.0 Å². The molecule has 55 heavy (non-hydrogen) atoms. The number of ether oxygens (including phenoxy) is 7.